The maximum atomic E-state index is 8.74. The second-order valence-electron chi connectivity index (χ2n) is 2.97. The first-order chi connectivity index (χ1) is 6.16. The number of nitrogens with zero attached hydrogens (tertiary/aromatic N) is 1. The third-order valence-corrected chi connectivity index (χ3v) is 2.25. The first kappa shape index (κ1) is 10.4. The van der Waals surface area contributed by atoms with Crippen LogP contribution in [0.25, 0.3) is 0 Å². The average molecular weight is 201 g/mol. The highest BCUT2D eigenvalue weighted by Gasteiger charge is 2.12. The molecular weight excluding hydrogens is 188 g/mol. The van der Waals surface area contributed by atoms with Crippen molar-refractivity contribution in [2.75, 3.05) is 6.61 Å². The summed E-state index contributed by atoms with van der Waals surface area (Å²) >= 11 is 5.94. The molecule has 0 saturated carbocycles. The molecule has 1 atom stereocenters. The molecule has 1 rings (SSSR count). The number of aliphatic hydroxyl groups excluding tert-OH is 1. The van der Waals surface area contributed by atoms with Gasteiger partial charge in [-0.25, -0.2) is 0 Å². The van der Waals surface area contributed by atoms with Gasteiger partial charge in [0.05, 0.1) is 5.02 Å². The van der Waals surface area contributed by atoms with Crippen LogP contribution in [0.2, 0.25) is 5.02 Å². The van der Waals surface area contributed by atoms with Gasteiger partial charge in [-0.15, -0.1) is 0 Å². The molecule has 1 unspecified atom stereocenters. The minimum Gasteiger partial charge on any atom is -0.396 e. The molecule has 0 aliphatic carbocycles. The summed E-state index contributed by atoms with van der Waals surface area (Å²) < 4.78 is 0. The summed E-state index contributed by atoms with van der Waals surface area (Å²) in [6.45, 7) is 1.98. The maximum absolute atomic E-state index is 8.74. The van der Waals surface area contributed by atoms with Crippen molar-refractivity contribution in [2.24, 2.45) is 5.73 Å². The van der Waals surface area contributed by atoms with E-state index in [1.54, 1.807) is 12.4 Å². The van der Waals surface area contributed by atoms with Crippen molar-refractivity contribution >= 4 is 11.6 Å². The molecule has 0 aromatic carbocycles. The molecule has 0 saturated heterocycles. The molecule has 0 aliphatic heterocycles. The van der Waals surface area contributed by atoms with E-state index < -0.39 is 0 Å². The summed E-state index contributed by atoms with van der Waals surface area (Å²) in [5.41, 5.74) is 7.68. The van der Waals surface area contributed by atoms with E-state index in [1.807, 2.05) is 6.92 Å². The molecule has 4 heteroatoms. The highest BCUT2D eigenvalue weighted by Crippen LogP contribution is 2.25. The molecule has 0 radical (unpaired) electrons. The number of nitrogens with two attached hydrogens (primary N) is 1. The molecular formula is C9H13ClN2O. The van der Waals surface area contributed by atoms with Crippen LogP contribution >= 0.6 is 11.6 Å². The van der Waals surface area contributed by atoms with Crippen LogP contribution < -0.4 is 5.73 Å². The Morgan fingerprint density at radius 3 is 2.85 bits per heavy atom. The van der Waals surface area contributed by atoms with Crippen LogP contribution in [-0.2, 0) is 0 Å². The predicted molar refractivity (Wildman–Crippen MR) is 52.6 cm³/mol. The van der Waals surface area contributed by atoms with Crippen molar-refractivity contribution in [2.45, 2.75) is 19.4 Å². The lowest BCUT2D eigenvalue weighted by molar-refractivity contribution is 0.276. The average Bonchev–Trinajstić information content (AvgIpc) is 2.04. The number of hydrogen-bond donors (Lipinski definition) is 2. The molecule has 0 fully saturated rings. The first-order valence-corrected chi connectivity index (χ1v) is 4.51. The number of rotatable bonds is 3. The fourth-order valence-electron chi connectivity index (χ4n) is 1.29. The summed E-state index contributed by atoms with van der Waals surface area (Å²) in [5.74, 6) is 0. The van der Waals surface area contributed by atoms with Gasteiger partial charge in [-0.3, -0.25) is 4.98 Å². The lowest BCUT2D eigenvalue weighted by Gasteiger charge is -2.14. The highest BCUT2D eigenvalue weighted by molar-refractivity contribution is 6.31. The van der Waals surface area contributed by atoms with E-state index in [1.165, 1.54) is 0 Å². The minimum atomic E-state index is -0.208. The summed E-state index contributed by atoms with van der Waals surface area (Å²) in [6, 6.07) is -0.208. The molecule has 13 heavy (non-hydrogen) atoms. The Labute approximate surface area is 82.5 Å². The lowest BCUT2D eigenvalue weighted by atomic mass is 10.0. The van der Waals surface area contributed by atoms with Crippen LogP contribution in [0, 0.1) is 6.92 Å². The zero-order chi connectivity index (χ0) is 9.84. The fraction of sp³-hybridized carbons (Fsp3) is 0.444. The van der Waals surface area contributed by atoms with E-state index in [2.05, 4.69) is 4.98 Å². The van der Waals surface area contributed by atoms with E-state index in [-0.39, 0.29) is 12.6 Å². The van der Waals surface area contributed by atoms with Crippen molar-refractivity contribution in [3.8, 4) is 0 Å². The van der Waals surface area contributed by atoms with Gasteiger partial charge in [-0.1, -0.05) is 11.6 Å². The first-order valence-electron chi connectivity index (χ1n) is 4.13. The number of halogens is 1. The van der Waals surface area contributed by atoms with Gasteiger partial charge in [0.15, 0.2) is 0 Å². The monoisotopic (exact) mass is 200 g/mol. The Bertz CT molecular complexity index is 271. The second kappa shape index (κ2) is 4.56. The molecule has 1 aromatic heterocycles. The van der Waals surface area contributed by atoms with Crippen LogP contribution in [0.1, 0.15) is 23.6 Å². The molecule has 0 amide bonds. The van der Waals surface area contributed by atoms with E-state index in [0.717, 1.165) is 11.1 Å². The zero-order valence-electron chi connectivity index (χ0n) is 7.50. The van der Waals surface area contributed by atoms with Crippen LogP contribution in [0.5, 0.6) is 0 Å². The smallest absolute Gasteiger partial charge is 0.0639 e. The van der Waals surface area contributed by atoms with E-state index >= 15 is 0 Å². The van der Waals surface area contributed by atoms with Crippen LogP contribution in [-0.4, -0.2) is 16.7 Å². The zero-order valence-corrected chi connectivity index (χ0v) is 8.25. The summed E-state index contributed by atoms with van der Waals surface area (Å²) in [4.78, 5) is 3.94. The number of pyridine rings is 1. The Morgan fingerprint density at radius 2 is 2.31 bits per heavy atom. The second-order valence-corrected chi connectivity index (χ2v) is 3.38. The minimum absolute atomic E-state index is 0.0687. The number of aryl methyl sites for hydroxylation is 1. The van der Waals surface area contributed by atoms with Gasteiger partial charge in [0.2, 0.25) is 0 Å². The lowest BCUT2D eigenvalue weighted by Crippen LogP contribution is -2.14. The highest BCUT2D eigenvalue weighted by atomic mass is 35.5. The molecule has 3 nitrogen and oxygen atoms in total. The molecule has 0 aliphatic rings. The maximum Gasteiger partial charge on any atom is 0.0639 e. The third kappa shape index (κ3) is 2.40. The largest absolute Gasteiger partial charge is 0.396 e. The summed E-state index contributed by atoms with van der Waals surface area (Å²) in [5, 5.41) is 9.31. The molecule has 1 heterocycles. The van der Waals surface area contributed by atoms with Crippen molar-refractivity contribution in [3.05, 3.63) is 28.5 Å². The van der Waals surface area contributed by atoms with Crippen molar-refractivity contribution in [3.63, 3.8) is 0 Å². The molecule has 0 bridgehead atoms. The topological polar surface area (TPSA) is 59.1 Å². The Balaban J connectivity index is 2.98. The van der Waals surface area contributed by atoms with E-state index in [0.29, 0.717) is 11.4 Å². The summed E-state index contributed by atoms with van der Waals surface area (Å²) in [7, 11) is 0. The van der Waals surface area contributed by atoms with Crippen molar-refractivity contribution in [1.29, 1.82) is 0 Å². The van der Waals surface area contributed by atoms with Crippen LogP contribution in [0.15, 0.2) is 12.4 Å². The van der Waals surface area contributed by atoms with Gasteiger partial charge < -0.3 is 10.8 Å². The van der Waals surface area contributed by atoms with Gasteiger partial charge in [0.1, 0.15) is 0 Å². The number of aromatic nitrogens is 1. The van der Waals surface area contributed by atoms with Gasteiger partial charge >= 0.3 is 0 Å². The van der Waals surface area contributed by atoms with Gasteiger partial charge in [-0.2, -0.15) is 0 Å². The van der Waals surface area contributed by atoms with Crippen LogP contribution in [0.4, 0.5) is 0 Å². The van der Waals surface area contributed by atoms with Crippen LogP contribution in [0.3, 0.4) is 0 Å². The number of hydrogen-bond acceptors (Lipinski definition) is 3. The molecule has 1 aromatic rings. The van der Waals surface area contributed by atoms with Crippen molar-refractivity contribution < 1.29 is 5.11 Å². The SMILES string of the molecule is Cc1cncc(Cl)c1C(N)CCO. The number of aliphatic hydroxyl groups is 1. The normalized spacial score (nSPS) is 12.9. The Morgan fingerprint density at radius 1 is 1.62 bits per heavy atom. The van der Waals surface area contributed by atoms with E-state index in [9.17, 15) is 0 Å². The standard InChI is InChI=1S/C9H13ClN2O/c1-6-4-12-5-7(10)9(6)8(11)2-3-13/h4-5,8,13H,2-3,11H2,1H3. The third-order valence-electron chi connectivity index (χ3n) is 1.95. The fourth-order valence-corrected chi connectivity index (χ4v) is 1.64. The molecule has 3 N–H and O–H groups in total. The summed E-state index contributed by atoms with van der Waals surface area (Å²) in [6.07, 6.45) is 3.81. The molecule has 72 valence electrons. The van der Waals surface area contributed by atoms with Gasteiger partial charge in [0.25, 0.3) is 0 Å². The van der Waals surface area contributed by atoms with Crippen molar-refractivity contribution in [1.82, 2.24) is 4.98 Å². The van der Waals surface area contributed by atoms with E-state index in [4.69, 9.17) is 22.4 Å². The predicted octanol–water partition coefficient (Wildman–Crippen LogP) is 1.43. The van der Waals surface area contributed by atoms with Gasteiger partial charge in [0, 0.05) is 25.0 Å². The molecule has 0 spiro atoms. The Hall–Kier alpha value is -0.640. The van der Waals surface area contributed by atoms with Gasteiger partial charge in [-0.05, 0) is 24.5 Å². The Kier molecular flexibility index (Phi) is 3.66. The quantitative estimate of drug-likeness (QED) is 0.776.